The number of benzene rings is 3. The number of nitrogens with one attached hydrogen (secondary N) is 1. The van der Waals surface area contributed by atoms with Crippen LogP contribution in [0.2, 0.25) is 0 Å². The van der Waals surface area contributed by atoms with E-state index in [9.17, 15) is 0 Å². The van der Waals surface area contributed by atoms with Gasteiger partial charge in [-0.1, -0.05) is 78.9 Å². The van der Waals surface area contributed by atoms with Crippen molar-refractivity contribution < 1.29 is 4.57 Å². The van der Waals surface area contributed by atoms with Gasteiger partial charge < -0.3 is 9.88 Å². The van der Waals surface area contributed by atoms with Gasteiger partial charge in [-0.25, -0.2) is 0 Å². The Morgan fingerprint density at radius 3 is 2.00 bits per heavy atom. The molecule has 1 aliphatic carbocycles. The number of rotatable bonds is 5. The number of hydrogen-bond acceptors (Lipinski definition) is 3. The topological polar surface area (TPSA) is 46.9 Å². The van der Waals surface area contributed by atoms with Crippen molar-refractivity contribution in [1.82, 2.24) is 9.78 Å². The Morgan fingerprint density at radius 2 is 1.42 bits per heavy atom. The fourth-order valence-corrected chi connectivity index (χ4v) is 8.18. The van der Waals surface area contributed by atoms with E-state index in [2.05, 4.69) is 5.32 Å². The first-order chi connectivity index (χ1) is 15.2. The molecule has 1 atom stereocenters. The summed E-state index contributed by atoms with van der Waals surface area (Å²) in [4.78, 5) is 0. The van der Waals surface area contributed by atoms with E-state index in [1.807, 2.05) is 103 Å². The molecule has 1 heterocycles. The van der Waals surface area contributed by atoms with Crippen LogP contribution < -0.4 is 15.9 Å². The zero-order valence-corrected chi connectivity index (χ0v) is 18.5. The highest BCUT2D eigenvalue weighted by molar-refractivity contribution is 7.79. The highest BCUT2D eigenvalue weighted by atomic mass is 31.2. The summed E-state index contributed by atoms with van der Waals surface area (Å²) in [6.07, 6.45) is 2.84. The van der Waals surface area contributed by atoms with Crippen LogP contribution in [-0.4, -0.2) is 9.78 Å². The van der Waals surface area contributed by atoms with Crippen LogP contribution >= 0.6 is 7.14 Å². The maximum atomic E-state index is 15.1. The molecule has 3 aromatic carbocycles. The summed E-state index contributed by atoms with van der Waals surface area (Å²) in [7, 11) is -0.950. The Bertz CT molecular complexity index is 1180. The van der Waals surface area contributed by atoms with Crippen molar-refractivity contribution in [1.29, 1.82) is 0 Å². The van der Waals surface area contributed by atoms with Gasteiger partial charge in [0.25, 0.3) is 0 Å². The van der Waals surface area contributed by atoms with Crippen LogP contribution in [0.15, 0.2) is 91.0 Å². The summed E-state index contributed by atoms with van der Waals surface area (Å²) >= 11 is 0. The third kappa shape index (κ3) is 3.51. The van der Waals surface area contributed by atoms with Gasteiger partial charge in [-0.15, -0.1) is 0 Å². The van der Waals surface area contributed by atoms with Crippen LogP contribution in [0.5, 0.6) is 0 Å². The predicted octanol–water partition coefficient (Wildman–Crippen LogP) is 5.56. The molecule has 0 amide bonds. The predicted molar refractivity (Wildman–Crippen MR) is 128 cm³/mol. The minimum Gasteiger partial charge on any atom is -0.338 e. The lowest BCUT2D eigenvalue weighted by Crippen LogP contribution is -2.24. The van der Waals surface area contributed by atoms with E-state index in [-0.39, 0.29) is 5.66 Å². The van der Waals surface area contributed by atoms with Crippen molar-refractivity contribution in [3.63, 3.8) is 0 Å². The minimum absolute atomic E-state index is 0.110. The first-order valence-electron chi connectivity index (χ1n) is 10.8. The second-order valence-electron chi connectivity index (χ2n) is 8.06. The minimum atomic E-state index is -2.94. The van der Waals surface area contributed by atoms with Gasteiger partial charge in [0, 0.05) is 34.6 Å². The van der Waals surface area contributed by atoms with Crippen molar-refractivity contribution in [2.24, 2.45) is 7.05 Å². The number of nitrogens with zero attached hydrogens (tertiary/aromatic N) is 2. The molecular formula is C26H26N3OP. The van der Waals surface area contributed by atoms with Crippen molar-refractivity contribution >= 4 is 29.3 Å². The number of fused-ring (bicyclic) bond motifs is 1. The van der Waals surface area contributed by atoms with E-state index in [1.165, 1.54) is 5.69 Å². The van der Waals surface area contributed by atoms with Gasteiger partial charge in [0.2, 0.25) is 0 Å². The third-order valence-corrected chi connectivity index (χ3v) is 9.71. The zero-order chi connectivity index (χ0) is 21.3. The molecule has 156 valence electrons. The van der Waals surface area contributed by atoms with Crippen LogP contribution in [0.3, 0.4) is 0 Å². The van der Waals surface area contributed by atoms with Crippen LogP contribution in [-0.2, 0) is 18.0 Å². The molecule has 4 nitrogen and oxygen atoms in total. The summed E-state index contributed by atoms with van der Waals surface area (Å²) in [5.41, 5.74) is 3.17. The molecule has 5 rings (SSSR count). The number of para-hydroxylation sites is 1. The molecule has 4 aromatic rings. The molecule has 1 aromatic heterocycles. The van der Waals surface area contributed by atoms with E-state index >= 15 is 4.57 Å². The molecule has 0 radical (unpaired) electrons. The molecule has 0 fully saturated rings. The van der Waals surface area contributed by atoms with Crippen molar-refractivity contribution in [3.05, 3.63) is 102 Å². The molecule has 1 aliphatic rings. The molecular weight excluding hydrogens is 401 g/mol. The van der Waals surface area contributed by atoms with Gasteiger partial charge in [-0.05, 0) is 31.4 Å². The molecule has 1 N–H and O–H groups in total. The summed E-state index contributed by atoms with van der Waals surface area (Å²) < 4.78 is 17.0. The Balaban J connectivity index is 1.70. The lowest BCUT2D eigenvalue weighted by atomic mass is 9.96. The van der Waals surface area contributed by atoms with E-state index in [1.54, 1.807) is 0 Å². The first kappa shape index (κ1) is 19.8. The zero-order valence-electron chi connectivity index (χ0n) is 17.6. The van der Waals surface area contributed by atoms with Crippen molar-refractivity contribution in [2.45, 2.75) is 24.9 Å². The summed E-state index contributed by atoms with van der Waals surface area (Å²) in [6.45, 7) is 0. The molecule has 31 heavy (non-hydrogen) atoms. The average Bonchev–Trinajstić information content (AvgIpc) is 3.15. The number of hydrogen-bond donors (Lipinski definition) is 1. The van der Waals surface area contributed by atoms with Crippen molar-refractivity contribution in [2.75, 3.05) is 5.32 Å². The molecule has 0 bridgehead atoms. The van der Waals surface area contributed by atoms with Gasteiger partial charge in [0.15, 0.2) is 13.0 Å². The monoisotopic (exact) mass is 427 g/mol. The summed E-state index contributed by atoms with van der Waals surface area (Å²) in [6, 6.07) is 30.1. The van der Waals surface area contributed by atoms with Gasteiger partial charge in [-0.3, -0.25) is 4.68 Å². The van der Waals surface area contributed by atoms with E-state index < -0.39 is 7.14 Å². The van der Waals surface area contributed by atoms with Crippen LogP contribution in [0.25, 0.3) is 0 Å². The van der Waals surface area contributed by atoms with Crippen LogP contribution in [0.1, 0.15) is 29.8 Å². The van der Waals surface area contributed by atoms with Gasteiger partial charge >= 0.3 is 0 Å². The Hall–Kier alpha value is -3.10. The van der Waals surface area contributed by atoms with Gasteiger partial charge in [0.05, 0.1) is 5.66 Å². The van der Waals surface area contributed by atoms with Crippen molar-refractivity contribution in [3.8, 4) is 0 Å². The maximum absolute atomic E-state index is 15.1. The van der Waals surface area contributed by atoms with E-state index in [0.29, 0.717) is 0 Å². The van der Waals surface area contributed by atoms with E-state index in [4.69, 9.17) is 5.10 Å². The second-order valence-corrected chi connectivity index (χ2v) is 11.0. The Morgan fingerprint density at radius 1 is 0.871 bits per heavy atom. The second kappa shape index (κ2) is 8.20. The van der Waals surface area contributed by atoms with Gasteiger partial charge in [0.1, 0.15) is 0 Å². The maximum Gasteiger partial charge on any atom is 0.156 e. The molecule has 0 saturated carbocycles. The Labute approximate surface area is 183 Å². The molecule has 0 spiro atoms. The lowest BCUT2D eigenvalue weighted by Gasteiger charge is -2.32. The molecule has 0 saturated heterocycles. The molecule has 1 unspecified atom stereocenters. The smallest absolute Gasteiger partial charge is 0.156 e. The van der Waals surface area contributed by atoms with Crippen LogP contribution in [0.4, 0.5) is 11.5 Å². The fraction of sp³-hybridized carbons (Fsp3) is 0.192. The summed E-state index contributed by atoms with van der Waals surface area (Å²) in [5.74, 6) is 0.820. The number of anilines is 2. The SMILES string of the molecule is Cn1nc(Nc2ccccc2)c2c1CCCC2P(=O)(c1ccccc1)c1ccccc1. The Kier molecular flexibility index (Phi) is 5.25. The number of aromatic nitrogens is 2. The molecule has 0 aliphatic heterocycles. The lowest BCUT2D eigenvalue weighted by molar-refractivity contribution is 0.557. The highest BCUT2D eigenvalue weighted by Crippen LogP contribution is 2.62. The van der Waals surface area contributed by atoms with Gasteiger partial charge in [-0.2, -0.15) is 5.10 Å². The fourth-order valence-electron chi connectivity index (χ4n) is 4.75. The number of aryl methyl sites for hydroxylation is 1. The van der Waals surface area contributed by atoms with E-state index in [0.717, 1.165) is 46.9 Å². The largest absolute Gasteiger partial charge is 0.338 e. The summed E-state index contributed by atoms with van der Waals surface area (Å²) in [5, 5.41) is 10.1. The first-order valence-corrected chi connectivity index (χ1v) is 12.5. The molecule has 5 heteroatoms. The normalized spacial score (nSPS) is 16.0. The average molecular weight is 427 g/mol. The van der Waals surface area contributed by atoms with Crippen LogP contribution in [0, 0.1) is 0 Å². The quantitative estimate of drug-likeness (QED) is 0.425. The third-order valence-electron chi connectivity index (χ3n) is 6.19. The highest BCUT2D eigenvalue weighted by Gasteiger charge is 2.42. The standard InChI is InChI=1S/C26H26N3OP/c1-29-23-18-11-19-24(25(23)26(28-29)27-20-12-5-2-6-13-20)31(30,21-14-7-3-8-15-21)22-16-9-4-10-17-22/h2-10,12-17,24H,11,18-19H2,1H3,(H,27,28).